The maximum Gasteiger partial charge on any atom is 0.125 e. The van der Waals surface area contributed by atoms with Crippen LogP contribution in [0, 0.1) is 0 Å². The lowest BCUT2D eigenvalue weighted by Crippen LogP contribution is -1.79. The number of rotatable bonds is 6. The Kier molecular flexibility index (Phi) is 8.99. The summed E-state index contributed by atoms with van der Waals surface area (Å²) >= 11 is 5.65. The SMILES string of the molecule is CCCCCCC[SiH2]Cl. The fourth-order valence-corrected chi connectivity index (χ4v) is 1.98. The molecule has 0 amide bonds. The van der Waals surface area contributed by atoms with Crippen molar-refractivity contribution in [1.82, 2.24) is 0 Å². The molecule has 0 aliphatic carbocycles. The quantitative estimate of drug-likeness (QED) is 0.322. The Labute approximate surface area is 65.5 Å². The predicted molar refractivity (Wildman–Crippen MR) is 48.0 cm³/mol. The third kappa shape index (κ3) is 8.51. The molecule has 0 N–H and O–H groups in total. The van der Waals surface area contributed by atoms with E-state index >= 15 is 0 Å². The zero-order valence-corrected chi connectivity index (χ0v) is 8.50. The van der Waals surface area contributed by atoms with Crippen LogP contribution in [-0.2, 0) is 0 Å². The van der Waals surface area contributed by atoms with Crippen molar-refractivity contribution < 1.29 is 0 Å². The van der Waals surface area contributed by atoms with E-state index in [9.17, 15) is 0 Å². The molecular formula is C7H17ClSi. The monoisotopic (exact) mass is 164 g/mol. The van der Waals surface area contributed by atoms with E-state index in [1.807, 2.05) is 0 Å². The van der Waals surface area contributed by atoms with Crippen molar-refractivity contribution in [3.8, 4) is 0 Å². The van der Waals surface area contributed by atoms with Gasteiger partial charge in [-0.15, -0.1) is 0 Å². The van der Waals surface area contributed by atoms with Gasteiger partial charge in [0, 0.05) is 0 Å². The minimum atomic E-state index is -0.148. The van der Waals surface area contributed by atoms with Crippen LogP contribution in [0.4, 0.5) is 0 Å². The number of unbranched alkanes of at least 4 members (excludes halogenated alkanes) is 4. The van der Waals surface area contributed by atoms with Crippen LogP contribution in [0.15, 0.2) is 0 Å². The molecule has 0 bridgehead atoms. The van der Waals surface area contributed by atoms with Gasteiger partial charge in [0.05, 0.1) is 0 Å². The smallest absolute Gasteiger partial charge is 0.125 e. The van der Waals surface area contributed by atoms with Crippen LogP contribution in [-0.4, -0.2) is 8.83 Å². The van der Waals surface area contributed by atoms with Gasteiger partial charge >= 0.3 is 0 Å². The van der Waals surface area contributed by atoms with Crippen LogP contribution in [0.25, 0.3) is 0 Å². The summed E-state index contributed by atoms with van der Waals surface area (Å²) in [5.41, 5.74) is 0. The molecule has 0 saturated carbocycles. The Morgan fingerprint density at radius 1 is 1.11 bits per heavy atom. The van der Waals surface area contributed by atoms with Gasteiger partial charge in [-0.2, -0.15) is 11.1 Å². The Balaban J connectivity index is 2.60. The van der Waals surface area contributed by atoms with Crippen molar-refractivity contribution >= 4 is 19.9 Å². The molecule has 0 unspecified atom stereocenters. The van der Waals surface area contributed by atoms with Gasteiger partial charge in [0.15, 0.2) is 0 Å². The van der Waals surface area contributed by atoms with Gasteiger partial charge in [-0.3, -0.25) is 0 Å². The summed E-state index contributed by atoms with van der Waals surface area (Å²) in [4.78, 5) is 0. The van der Waals surface area contributed by atoms with Crippen molar-refractivity contribution in [2.75, 3.05) is 0 Å². The Morgan fingerprint density at radius 2 is 1.78 bits per heavy atom. The van der Waals surface area contributed by atoms with Crippen LogP contribution in [0.5, 0.6) is 0 Å². The van der Waals surface area contributed by atoms with Crippen LogP contribution < -0.4 is 0 Å². The molecule has 0 saturated heterocycles. The summed E-state index contributed by atoms with van der Waals surface area (Å²) in [7, 11) is -0.148. The lowest BCUT2D eigenvalue weighted by molar-refractivity contribution is 0.656. The third-order valence-corrected chi connectivity index (χ3v) is 3.06. The highest BCUT2D eigenvalue weighted by Crippen LogP contribution is 2.04. The van der Waals surface area contributed by atoms with E-state index in [4.69, 9.17) is 11.1 Å². The first-order valence-electron chi connectivity index (χ1n) is 3.97. The molecule has 0 aromatic rings. The summed E-state index contributed by atoms with van der Waals surface area (Å²) in [6.45, 7) is 2.25. The molecule has 0 radical (unpaired) electrons. The van der Waals surface area contributed by atoms with E-state index in [1.165, 1.54) is 38.1 Å². The molecule has 0 spiro atoms. The molecule has 0 rings (SSSR count). The van der Waals surface area contributed by atoms with Crippen molar-refractivity contribution in [3.63, 3.8) is 0 Å². The standard InChI is InChI=1S/C7H17ClSi/c1-2-3-4-5-6-7-9-8/h2-7,9H2,1H3. The molecule has 0 aliphatic rings. The Bertz CT molecular complexity index is 42.2. The van der Waals surface area contributed by atoms with Crippen LogP contribution in [0.2, 0.25) is 6.04 Å². The fraction of sp³-hybridized carbons (Fsp3) is 1.00. The first-order valence-corrected chi connectivity index (χ1v) is 7.11. The van der Waals surface area contributed by atoms with Crippen molar-refractivity contribution in [2.24, 2.45) is 0 Å². The van der Waals surface area contributed by atoms with Crippen molar-refractivity contribution in [1.29, 1.82) is 0 Å². The van der Waals surface area contributed by atoms with Crippen LogP contribution in [0.3, 0.4) is 0 Å². The van der Waals surface area contributed by atoms with Gasteiger partial charge in [0.25, 0.3) is 0 Å². The maximum absolute atomic E-state index is 5.65. The highest BCUT2D eigenvalue weighted by Gasteiger charge is 1.87. The molecular weight excluding hydrogens is 148 g/mol. The van der Waals surface area contributed by atoms with E-state index < -0.39 is 0 Å². The largest absolute Gasteiger partial charge is 0.176 e. The van der Waals surface area contributed by atoms with E-state index in [-0.39, 0.29) is 8.83 Å². The van der Waals surface area contributed by atoms with Gasteiger partial charge in [0.1, 0.15) is 8.83 Å². The van der Waals surface area contributed by atoms with Crippen molar-refractivity contribution in [2.45, 2.75) is 45.1 Å². The predicted octanol–water partition coefficient (Wildman–Crippen LogP) is 2.70. The zero-order valence-electron chi connectivity index (χ0n) is 6.33. The first kappa shape index (κ1) is 9.51. The first-order chi connectivity index (χ1) is 4.41. The number of hydrogen-bond acceptors (Lipinski definition) is 0. The van der Waals surface area contributed by atoms with E-state index in [0.717, 1.165) is 0 Å². The average molecular weight is 165 g/mol. The highest BCUT2D eigenvalue weighted by atomic mass is 35.6. The summed E-state index contributed by atoms with van der Waals surface area (Å²) in [5, 5.41) is 0. The minimum absolute atomic E-state index is 0.148. The minimum Gasteiger partial charge on any atom is -0.176 e. The molecule has 0 fully saturated rings. The zero-order chi connectivity index (χ0) is 6.95. The van der Waals surface area contributed by atoms with Crippen LogP contribution in [0.1, 0.15) is 39.0 Å². The third-order valence-electron chi connectivity index (χ3n) is 1.49. The molecule has 2 heteroatoms. The van der Waals surface area contributed by atoms with Gasteiger partial charge in [-0.25, -0.2) is 0 Å². The second kappa shape index (κ2) is 8.51. The molecule has 0 aromatic heterocycles. The summed E-state index contributed by atoms with van der Waals surface area (Å²) < 4.78 is 0. The molecule has 0 nitrogen and oxygen atoms in total. The van der Waals surface area contributed by atoms with Gasteiger partial charge in [0.2, 0.25) is 0 Å². The Hall–Kier alpha value is 0.507. The normalized spacial score (nSPS) is 11.3. The summed E-state index contributed by atoms with van der Waals surface area (Å²) in [5.74, 6) is 0. The summed E-state index contributed by atoms with van der Waals surface area (Å²) in [6, 6.07) is 1.34. The van der Waals surface area contributed by atoms with E-state index in [2.05, 4.69) is 6.92 Å². The molecule has 56 valence electrons. The molecule has 0 aromatic carbocycles. The van der Waals surface area contributed by atoms with Gasteiger partial charge in [-0.05, 0) is 6.04 Å². The number of halogens is 1. The fourth-order valence-electron chi connectivity index (χ4n) is 0.875. The molecule has 0 heterocycles. The van der Waals surface area contributed by atoms with E-state index in [0.29, 0.717) is 0 Å². The lowest BCUT2D eigenvalue weighted by atomic mass is 10.2. The number of hydrogen-bond donors (Lipinski definition) is 0. The second-order valence-corrected chi connectivity index (χ2v) is 4.68. The van der Waals surface area contributed by atoms with Gasteiger partial charge < -0.3 is 0 Å². The Morgan fingerprint density at radius 3 is 2.33 bits per heavy atom. The lowest BCUT2D eigenvalue weighted by Gasteiger charge is -1.95. The summed E-state index contributed by atoms with van der Waals surface area (Å²) in [6.07, 6.45) is 6.97. The topological polar surface area (TPSA) is 0 Å². The molecule has 9 heavy (non-hydrogen) atoms. The highest BCUT2D eigenvalue weighted by molar-refractivity contribution is 6.93. The second-order valence-electron chi connectivity index (χ2n) is 2.46. The van der Waals surface area contributed by atoms with Gasteiger partial charge in [-0.1, -0.05) is 39.0 Å². The molecule has 0 aliphatic heterocycles. The van der Waals surface area contributed by atoms with Crippen molar-refractivity contribution in [3.05, 3.63) is 0 Å². The average Bonchev–Trinajstić information content (AvgIpc) is 1.89. The molecule has 0 atom stereocenters. The maximum atomic E-state index is 5.65. The van der Waals surface area contributed by atoms with E-state index in [1.54, 1.807) is 0 Å². The van der Waals surface area contributed by atoms with Crippen LogP contribution >= 0.6 is 11.1 Å².